The predicted molar refractivity (Wildman–Crippen MR) is 61.9 cm³/mol. The van der Waals surface area contributed by atoms with E-state index in [0.717, 1.165) is 0 Å². The molecule has 0 N–H and O–H groups in total. The third-order valence-electron chi connectivity index (χ3n) is 2.70. The number of ether oxygens (including phenoxy) is 1. The van der Waals surface area contributed by atoms with Crippen LogP contribution in [0.1, 0.15) is 16.8 Å². The lowest BCUT2D eigenvalue weighted by Crippen LogP contribution is -2.28. The van der Waals surface area contributed by atoms with E-state index in [1.807, 2.05) is 0 Å². The van der Waals surface area contributed by atoms with E-state index in [-0.39, 0.29) is 13.1 Å². The zero-order chi connectivity index (χ0) is 13.2. The standard InChI is InChI=1S/C11H12FNO4S/c12-18(15,16)13-7-6-10(8-13)17-11(14)9-4-2-1-3-5-9/h1-5,10H,6-8H2/t10-/m1/s1. The molecule has 5 nitrogen and oxygen atoms in total. The minimum Gasteiger partial charge on any atom is -0.457 e. The van der Waals surface area contributed by atoms with Gasteiger partial charge in [-0.1, -0.05) is 22.1 Å². The Kier molecular flexibility index (Phi) is 3.63. The number of nitrogens with zero attached hydrogens (tertiary/aromatic N) is 1. The van der Waals surface area contributed by atoms with Gasteiger partial charge in [0.15, 0.2) is 0 Å². The van der Waals surface area contributed by atoms with Crippen molar-refractivity contribution in [2.75, 3.05) is 13.1 Å². The molecule has 18 heavy (non-hydrogen) atoms. The monoisotopic (exact) mass is 273 g/mol. The van der Waals surface area contributed by atoms with Crippen LogP contribution in [0.5, 0.6) is 0 Å². The lowest BCUT2D eigenvalue weighted by Gasteiger charge is -2.12. The number of halogens is 1. The van der Waals surface area contributed by atoms with Crippen LogP contribution in [-0.4, -0.2) is 37.9 Å². The maximum atomic E-state index is 12.7. The van der Waals surface area contributed by atoms with Gasteiger partial charge in [-0.2, -0.15) is 12.7 Å². The van der Waals surface area contributed by atoms with Crippen molar-refractivity contribution in [3.63, 3.8) is 0 Å². The summed E-state index contributed by atoms with van der Waals surface area (Å²) in [6, 6.07) is 8.36. The van der Waals surface area contributed by atoms with Gasteiger partial charge >= 0.3 is 16.4 Å². The Balaban J connectivity index is 1.95. The van der Waals surface area contributed by atoms with Crippen molar-refractivity contribution in [2.24, 2.45) is 0 Å². The summed E-state index contributed by atoms with van der Waals surface area (Å²) in [5, 5.41) is 0. The van der Waals surface area contributed by atoms with E-state index >= 15 is 0 Å². The van der Waals surface area contributed by atoms with Crippen molar-refractivity contribution in [3.05, 3.63) is 35.9 Å². The zero-order valence-electron chi connectivity index (χ0n) is 9.45. The first-order chi connectivity index (χ1) is 8.47. The first-order valence-electron chi connectivity index (χ1n) is 5.42. The van der Waals surface area contributed by atoms with Crippen molar-refractivity contribution in [1.82, 2.24) is 4.31 Å². The number of carbonyl (C=O) groups is 1. The van der Waals surface area contributed by atoms with Gasteiger partial charge in [-0.05, 0) is 18.6 Å². The highest BCUT2D eigenvalue weighted by atomic mass is 32.3. The van der Waals surface area contributed by atoms with Gasteiger partial charge in [-0.3, -0.25) is 0 Å². The molecule has 0 spiro atoms. The zero-order valence-corrected chi connectivity index (χ0v) is 10.3. The van der Waals surface area contributed by atoms with Gasteiger partial charge in [0.1, 0.15) is 6.10 Å². The molecule has 0 aromatic heterocycles. The van der Waals surface area contributed by atoms with E-state index in [4.69, 9.17) is 4.74 Å². The molecule has 1 aromatic carbocycles. The summed E-state index contributed by atoms with van der Waals surface area (Å²) < 4.78 is 39.8. The van der Waals surface area contributed by atoms with Crippen LogP contribution in [-0.2, 0) is 15.1 Å². The van der Waals surface area contributed by atoms with Crippen LogP contribution in [0.3, 0.4) is 0 Å². The fourth-order valence-electron chi connectivity index (χ4n) is 1.79. The smallest absolute Gasteiger partial charge is 0.374 e. The van der Waals surface area contributed by atoms with Crippen molar-refractivity contribution >= 4 is 16.4 Å². The van der Waals surface area contributed by atoms with E-state index in [2.05, 4.69) is 0 Å². The third kappa shape index (κ3) is 3.05. The SMILES string of the molecule is O=C(O[C@@H]1CCN(S(=O)(=O)F)C1)c1ccccc1. The van der Waals surface area contributed by atoms with E-state index < -0.39 is 22.5 Å². The molecule has 0 amide bonds. The molecule has 0 bridgehead atoms. The minimum atomic E-state index is -4.69. The highest BCUT2D eigenvalue weighted by Crippen LogP contribution is 2.18. The molecule has 1 aromatic rings. The van der Waals surface area contributed by atoms with Gasteiger partial charge in [-0.25, -0.2) is 4.79 Å². The molecule has 0 saturated carbocycles. The molecule has 1 aliphatic rings. The second-order valence-corrected chi connectivity index (χ2v) is 5.32. The van der Waals surface area contributed by atoms with E-state index in [1.165, 1.54) is 0 Å². The molecule has 1 saturated heterocycles. The number of hydrogen-bond donors (Lipinski definition) is 0. The first kappa shape index (κ1) is 13.0. The van der Waals surface area contributed by atoms with Crippen molar-refractivity contribution < 1.29 is 21.8 Å². The molecule has 0 aliphatic carbocycles. The van der Waals surface area contributed by atoms with Crippen LogP contribution in [0, 0.1) is 0 Å². The highest BCUT2D eigenvalue weighted by Gasteiger charge is 2.33. The Morgan fingerprint density at radius 3 is 2.56 bits per heavy atom. The van der Waals surface area contributed by atoms with Crippen LogP contribution in [0.4, 0.5) is 3.89 Å². The number of esters is 1. The van der Waals surface area contributed by atoms with Gasteiger partial charge in [0, 0.05) is 6.54 Å². The lowest BCUT2D eigenvalue weighted by atomic mass is 10.2. The van der Waals surface area contributed by atoms with Gasteiger partial charge in [0.2, 0.25) is 0 Å². The van der Waals surface area contributed by atoms with Gasteiger partial charge < -0.3 is 4.74 Å². The summed E-state index contributed by atoms with van der Waals surface area (Å²) in [5.41, 5.74) is 0.388. The second kappa shape index (κ2) is 5.03. The van der Waals surface area contributed by atoms with Gasteiger partial charge in [0.05, 0.1) is 12.1 Å². The third-order valence-corrected chi connectivity index (χ3v) is 3.65. The molecule has 1 heterocycles. The van der Waals surface area contributed by atoms with Crippen LogP contribution in [0.25, 0.3) is 0 Å². The maximum Gasteiger partial charge on any atom is 0.374 e. The minimum absolute atomic E-state index is 0.0333. The topological polar surface area (TPSA) is 63.7 Å². The molecule has 98 valence electrons. The Labute approximate surface area is 105 Å². The Bertz CT molecular complexity index is 531. The second-order valence-electron chi connectivity index (χ2n) is 3.98. The molecular weight excluding hydrogens is 261 g/mol. The Morgan fingerprint density at radius 1 is 1.33 bits per heavy atom. The summed E-state index contributed by atoms with van der Waals surface area (Å²) in [4.78, 5) is 11.7. The van der Waals surface area contributed by atoms with E-state index in [1.54, 1.807) is 30.3 Å². The van der Waals surface area contributed by atoms with E-state index in [9.17, 15) is 17.1 Å². The summed E-state index contributed by atoms with van der Waals surface area (Å²) in [6.45, 7) is -0.0943. The number of rotatable bonds is 3. The molecule has 0 radical (unpaired) electrons. The summed E-state index contributed by atoms with van der Waals surface area (Å²) in [7, 11) is -4.69. The molecule has 0 unspecified atom stereocenters. The molecule has 2 rings (SSSR count). The quantitative estimate of drug-likeness (QED) is 0.612. The van der Waals surface area contributed by atoms with Crippen molar-refractivity contribution in [3.8, 4) is 0 Å². The lowest BCUT2D eigenvalue weighted by molar-refractivity contribution is 0.0333. The molecular formula is C11H12FNO4S. The average molecular weight is 273 g/mol. The van der Waals surface area contributed by atoms with Gasteiger partial charge in [0.25, 0.3) is 0 Å². The highest BCUT2D eigenvalue weighted by molar-refractivity contribution is 7.83. The van der Waals surface area contributed by atoms with Crippen LogP contribution in [0.15, 0.2) is 30.3 Å². The number of hydrogen-bond acceptors (Lipinski definition) is 4. The van der Waals surface area contributed by atoms with Crippen molar-refractivity contribution in [2.45, 2.75) is 12.5 Å². The van der Waals surface area contributed by atoms with Gasteiger partial charge in [-0.15, -0.1) is 0 Å². The van der Waals surface area contributed by atoms with Crippen LogP contribution in [0.2, 0.25) is 0 Å². The molecule has 7 heteroatoms. The molecule has 1 aliphatic heterocycles. The molecule has 1 atom stereocenters. The maximum absolute atomic E-state index is 12.7. The Hall–Kier alpha value is -1.47. The average Bonchev–Trinajstić information content (AvgIpc) is 2.78. The number of benzene rings is 1. The van der Waals surface area contributed by atoms with Crippen LogP contribution >= 0.6 is 0 Å². The fourth-order valence-corrected chi connectivity index (χ4v) is 2.45. The summed E-state index contributed by atoms with van der Waals surface area (Å²) >= 11 is 0. The molecule has 1 fully saturated rings. The van der Waals surface area contributed by atoms with Crippen molar-refractivity contribution in [1.29, 1.82) is 0 Å². The van der Waals surface area contributed by atoms with E-state index in [0.29, 0.717) is 16.3 Å². The van der Waals surface area contributed by atoms with Crippen LogP contribution < -0.4 is 0 Å². The summed E-state index contributed by atoms with van der Waals surface area (Å²) in [5.74, 6) is -0.529. The first-order valence-corrected chi connectivity index (χ1v) is 6.76. The predicted octanol–water partition coefficient (Wildman–Crippen LogP) is 1.13. The largest absolute Gasteiger partial charge is 0.457 e. The Morgan fingerprint density at radius 2 is 2.00 bits per heavy atom. The number of carbonyl (C=O) groups excluding carboxylic acids is 1. The normalized spacial score (nSPS) is 20.8. The fraction of sp³-hybridized carbons (Fsp3) is 0.364. The summed E-state index contributed by atoms with van der Waals surface area (Å²) in [6.07, 6.45) is -0.287.